The van der Waals surface area contributed by atoms with Gasteiger partial charge in [-0.1, -0.05) is 0 Å². The van der Waals surface area contributed by atoms with Gasteiger partial charge in [0.1, 0.15) is 0 Å². The molecule has 3 heteroatoms. The summed E-state index contributed by atoms with van der Waals surface area (Å²) in [6.07, 6.45) is 0. The average Bonchev–Trinajstić information content (AvgIpc) is 1.35. The van der Waals surface area contributed by atoms with Crippen molar-refractivity contribution >= 4 is 24.3 Å². The van der Waals surface area contributed by atoms with Crippen LogP contribution in [0.2, 0.25) is 0 Å². The lowest BCUT2D eigenvalue weighted by Crippen LogP contribution is -2.12. The Bertz CT molecular complexity index is 39.4. The molecule has 0 saturated carbocycles. The number of halogens is 2. The first kappa shape index (κ1) is 10.5. The fourth-order valence-electron chi connectivity index (χ4n) is 0. The molecule has 0 atom stereocenters. The molecule has 0 aliphatic heterocycles. The van der Waals surface area contributed by atoms with E-state index in [0.717, 1.165) is 0 Å². The van der Waals surface area contributed by atoms with Crippen LogP contribution in [-0.4, -0.2) is 5.60 Å². The maximum atomic E-state index is 4.98. The van der Waals surface area contributed by atoms with E-state index in [1.165, 1.54) is 0 Å². The second-order valence-corrected chi connectivity index (χ2v) is 2.34. The van der Waals surface area contributed by atoms with Crippen molar-refractivity contribution in [3.8, 4) is 0 Å². The van der Waals surface area contributed by atoms with E-state index >= 15 is 0 Å². The molecule has 0 aliphatic carbocycles. The summed E-state index contributed by atoms with van der Waals surface area (Å²) >= 11 is 4.98. The summed E-state index contributed by atoms with van der Waals surface area (Å²) in [5.74, 6) is 0. The quantitative estimate of drug-likeness (QED) is 0.508. The van der Waals surface area contributed by atoms with Crippen LogP contribution < -0.4 is 0 Å². The lowest BCUT2D eigenvalue weighted by molar-refractivity contribution is 0.148. The van der Waals surface area contributed by atoms with Crippen LogP contribution in [0.5, 0.6) is 0 Å². The molecule has 0 aromatic carbocycles. The van der Waals surface area contributed by atoms with Gasteiger partial charge >= 0.3 is 0 Å². The Balaban J connectivity index is 0. The van der Waals surface area contributed by atoms with Crippen LogP contribution in [0.25, 0.3) is 0 Å². The zero-order valence-corrected chi connectivity index (χ0v) is 6.27. The predicted octanol–water partition coefficient (Wildman–Crippen LogP) is 2.38. The fourth-order valence-corrected chi connectivity index (χ4v) is 0. The van der Waals surface area contributed by atoms with E-state index in [-0.39, 0.29) is 18.0 Å². The molecule has 0 saturated heterocycles. The lowest BCUT2D eigenvalue weighted by atomic mass is 10.2. The zero-order chi connectivity index (χ0) is 5.21. The third-order valence-electron chi connectivity index (χ3n) is 0.231. The van der Waals surface area contributed by atoms with E-state index in [1.807, 2.05) is 20.8 Å². The molecule has 0 heterocycles. The summed E-state index contributed by atoms with van der Waals surface area (Å²) in [4.78, 5) is 0. The first-order chi connectivity index (χ1) is 2.56. The topological polar surface area (TPSA) is 9.23 Å². The first-order valence-electron chi connectivity index (χ1n) is 1.86. The van der Waals surface area contributed by atoms with Crippen LogP contribution in [-0.2, 0) is 4.29 Å². The Kier molecular flexibility index (Phi) is 5.30. The summed E-state index contributed by atoms with van der Waals surface area (Å²) in [7, 11) is 0. The standard InChI is InChI=1S/C4H9ClO.ClH/c1-4(2,3)6-5;/h1-3H3;1H. The summed E-state index contributed by atoms with van der Waals surface area (Å²) in [5.41, 5.74) is -0.193. The minimum absolute atomic E-state index is 0. The van der Waals surface area contributed by atoms with E-state index in [0.29, 0.717) is 0 Å². The van der Waals surface area contributed by atoms with Gasteiger partial charge in [0.2, 0.25) is 0 Å². The molecule has 0 aromatic rings. The van der Waals surface area contributed by atoms with Crippen molar-refractivity contribution < 1.29 is 4.29 Å². The highest BCUT2D eigenvalue weighted by atomic mass is 35.5. The van der Waals surface area contributed by atoms with E-state index < -0.39 is 0 Å². The van der Waals surface area contributed by atoms with Crippen molar-refractivity contribution in [3.63, 3.8) is 0 Å². The normalized spacial score (nSPS) is 10.3. The highest BCUT2D eigenvalue weighted by Crippen LogP contribution is 2.07. The van der Waals surface area contributed by atoms with Crippen LogP contribution in [0.15, 0.2) is 0 Å². The third kappa shape index (κ3) is 10.8. The summed E-state index contributed by atoms with van der Waals surface area (Å²) < 4.78 is 4.41. The largest absolute Gasteiger partial charge is 0.273 e. The molecule has 0 amide bonds. The molecule has 46 valence electrons. The smallest absolute Gasteiger partial charge is 0.0813 e. The average molecular weight is 145 g/mol. The molecular weight excluding hydrogens is 135 g/mol. The fraction of sp³-hybridized carbons (Fsp3) is 1.00. The zero-order valence-electron chi connectivity index (χ0n) is 4.69. The Labute approximate surface area is 55.6 Å². The van der Waals surface area contributed by atoms with E-state index in [9.17, 15) is 0 Å². The van der Waals surface area contributed by atoms with Gasteiger partial charge < -0.3 is 0 Å². The number of rotatable bonds is 0. The van der Waals surface area contributed by atoms with E-state index in [4.69, 9.17) is 11.9 Å². The van der Waals surface area contributed by atoms with Crippen molar-refractivity contribution in [2.75, 3.05) is 0 Å². The van der Waals surface area contributed by atoms with Crippen molar-refractivity contribution in [2.24, 2.45) is 0 Å². The Morgan fingerprint density at radius 2 is 1.43 bits per heavy atom. The van der Waals surface area contributed by atoms with Gasteiger partial charge in [0, 0.05) is 0 Å². The SMILES string of the molecule is CC(C)(C)OCl.Cl. The van der Waals surface area contributed by atoms with Gasteiger partial charge in [-0.15, -0.1) is 12.4 Å². The van der Waals surface area contributed by atoms with Gasteiger partial charge in [-0.25, -0.2) is 0 Å². The van der Waals surface area contributed by atoms with Crippen molar-refractivity contribution in [3.05, 3.63) is 0 Å². The minimum atomic E-state index is -0.193. The molecule has 0 unspecified atom stereocenters. The van der Waals surface area contributed by atoms with Gasteiger partial charge in [-0.2, -0.15) is 0 Å². The van der Waals surface area contributed by atoms with Gasteiger partial charge in [0.05, 0.1) is 17.5 Å². The maximum Gasteiger partial charge on any atom is 0.0813 e. The molecule has 0 aliphatic rings. The van der Waals surface area contributed by atoms with Gasteiger partial charge in [0.15, 0.2) is 0 Å². The molecule has 1 nitrogen and oxygen atoms in total. The molecule has 0 radical (unpaired) electrons. The first-order valence-corrected chi connectivity index (χ1v) is 2.17. The maximum absolute atomic E-state index is 4.98. The monoisotopic (exact) mass is 144 g/mol. The highest BCUT2D eigenvalue weighted by molar-refractivity contribution is 6.07. The third-order valence-corrected chi connectivity index (χ3v) is 0.694. The van der Waals surface area contributed by atoms with Gasteiger partial charge in [-0.05, 0) is 20.8 Å². The van der Waals surface area contributed by atoms with Crippen LogP contribution in [0.4, 0.5) is 0 Å². The Hall–Kier alpha value is 0.540. The van der Waals surface area contributed by atoms with Crippen LogP contribution in [0.3, 0.4) is 0 Å². The number of hydrogen-bond acceptors (Lipinski definition) is 1. The van der Waals surface area contributed by atoms with Crippen molar-refractivity contribution in [1.29, 1.82) is 0 Å². The molecule has 0 N–H and O–H groups in total. The predicted molar refractivity (Wildman–Crippen MR) is 33.9 cm³/mol. The minimum Gasteiger partial charge on any atom is -0.273 e. The van der Waals surface area contributed by atoms with E-state index in [2.05, 4.69) is 4.29 Å². The van der Waals surface area contributed by atoms with Crippen LogP contribution in [0, 0.1) is 0 Å². The summed E-state index contributed by atoms with van der Waals surface area (Å²) in [6, 6.07) is 0. The lowest BCUT2D eigenvalue weighted by Gasteiger charge is -2.10. The van der Waals surface area contributed by atoms with Crippen LogP contribution in [0.1, 0.15) is 20.8 Å². The van der Waals surface area contributed by atoms with Crippen molar-refractivity contribution in [2.45, 2.75) is 26.4 Å². The molecule has 0 rings (SSSR count). The highest BCUT2D eigenvalue weighted by Gasteiger charge is 2.06. The van der Waals surface area contributed by atoms with Crippen LogP contribution >= 0.6 is 24.3 Å². The molecule has 7 heavy (non-hydrogen) atoms. The second-order valence-electron chi connectivity index (χ2n) is 2.19. The van der Waals surface area contributed by atoms with Gasteiger partial charge in [-0.3, -0.25) is 4.29 Å². The molecule has 0 fully saturated rings. The number of hydrogen-bond donors (Lipinski definition) is 0. The molecule has 0 bridgehead atoms. The second kappa shape index (κ2) is 3.53. The van der Waals surface area contributed by atoms with E-state index in [1.54, 1.807) is 0 Å². The molecule has 0 aromatic heterocycles. The molecule has 0 spiro atoms. The molecular formula is C4H10Cl2O. The summed E-state index contributed by atoms with van der Waals surface area (Å²) in [5, 5.41) is 0. The van der Waals surface area contributed by atoms with Gasteiger partial charge in [0.25, 0.3) is 0 Å². The summed E-state index contributed by atoms with van der Waals surface area (Å²) in [6.45, 7) is 5.67. The Morgan fingerprint density at radius 3 is 1.43 bits per heavy atom. The Morgan fingerprint density at radius 1 is 1.29 bits per heavy atom. The van der Waals surface area contributed by atoms with Crippen molar-refractivity contribution in [1.82, 2.24) is 0 Å².